The minimum Gasteiger partial charge on any atom is -0.488 e. The largest absolute Gasteiger partial charge is 0.488 e. The van der Waals surface area contributed by atoms with Gasteiger partial charge >= 0.3 is 0 Å². The highest BCUT2D eigenvalue weighted by Gasteiger charge is 2.25. The molecule has 0 spiro atoms. The number of aryl methyl sites for hydroxylation is 1. The molecule has 1 aliphatic rings. The van der Waals surface area contributed by atoms with Gasteiger partial charge in [-0.3, -0.25) is 0 Å². The molecule has 1 aliphatic heterocycles. The van der Waals surface area contributed by atoms with Crippen molar-refractivity contribution in [2.45, 2.75) is 13.5 Å². The van der Waals surface area contributed by atoms with Crippen molar-refractivity contribution >= 4 is 10.8 Å². The number of rotatable bonds is 0. The molecule has 0 amide bonds. The Bertz CT molecular complexity index is 758. The summed E-state index contributed by atoms with van der Waals surface area (Å²) < 4.78 is 11.1. The highest BCUT2D eigenvalue weighted by atomic mass is 16.5. The first-order chi connectivity index (χ1) is 8.84. The fourth-order valence-corrected chi connectivity index (χ4v) is 2.52. The highest BCUT2D eigenvalue weighted by Crippen LogP contribution is 2.42. The first-order valence-corrected chi connectivity index (χ1v) is 5.94. The van der Waals surface area contributed by atoms with Crippen molar-refractivity contribution in [1.29, 1.82) is 0 Å². The Kier molecular flexibility index (Phi) is 1.81. The van der Waals surface area contributed by atoms with Gasteiger partial charge in [0.1, 0.15) is 23.8 Å². The van der Waals surface area contributed by atoms with E-state index in [-0.39, 0.29) is 0 Å². The Labute approximate surface area is 104 Å². The van der Waals surface area contributed by atoms with Crippen LogP contribution in [0, 0.1) is 6.92 Å². The van der Waals surface area contributed by atoms with Crippen LogP contribution >= 0.6 is 0 Å². The van der Waals surface area contributed by atoms with Crippen molar-refractivity contribution in [2.24, 2.45) is 0 Å². The molecule has 3 nitrogen and oxygen atoms in total. The molecule has 0 N–H and O–H groups in total. The first kappa shape index (κ1) is 9.71. The van der Waals surface area contributed by atoms with E-state index in [1.807, 2.05) is 25.1 Å². The van der Waals surface area contributed by atoms with Gasteiger partial charge in [0.2, 0.25) is 0 Å². The molecule has 0 unspecified atom stereocenters. The zero-order chi connectivity index (χ0) is 12.1. The molecule has 3 aromatic rings. The second-order valence-electron chi connectivity index (χ2n) is 4.51. The average molecular weight is 237 g/mol. The molecular formula is C15H11NO2. The Morgan fingerprint density at radius 3 is 2.94 bits per heavy atom. The summed E-state index contributed by atoms with van der Waals surface area (Å²) >= 11 is 0. The van der Waals surface area contributed by atoms with E-state index in [2.05, 4.69) is 23.4 Å². The van der Waals surface area contributed by atoms with Crippen LogP contribution < -0.4 is 4.74 Å². The van der Waals surface area contributed by atoms with Gasteiger partial charge in [0, 0.05) is 0 Å². The van der Waals surface area contributed by atoms with Gasteiger partial charge in [-0.05, 0) is 23.8 Å². The van der Waals surface area contributed by atoms with E-state index in [0.29, 0.717) is 6.61 Å². The molecule has 0 saturated carbocycles. The Morgan fingerprint density at radius 2 is 2.00 bits per heavy atom. The number of hydrogen-bond acceptors (Lipinski definition) is 3. The molecule has 0 aliphatic carbocycles. The number of ether oxygens (including phenoxy) is 1. The van der Waals surface area contributed by atoms with Crippen molar-refractivity contribution in [2.75, 3.05) is 0 Å². The molecule has 0 bridgehead atoms. The van der Waals surface area contributed by atoms with Gasteiger partial charge in [0.25, 0.3) is 0 Å². The summed E-state index contributed by atoms with van der Waals surface area (Å²) in [7, 11) is 0. The first-order valence-electron chi connectivity index (χ1n) is 5.94. The summed E-state index contributed by atoms with van der Waals surface area (Å²) in [5.41, 5.74) is 3.02. The Hall–Kier alpha value is -2.29. The zero-order valence-electron chi connectivity index (χ0n) is 9.93. The monoisotopic (exact) mass is 237 g/mol. The summed E-state index contributed by atoms with van der Waals surface area (Å²) in [4.78, 5) is 0. The molecule has 4 rings (SSSR count). The van der Waals surface area contributed by atoms with Crippen LogP contribution in [0.15, 0.2) is 40.9 Å². The predicted octanol–water partition coefficient (Wildman–Crippen LogP) is 3.70. The fraction of sp³-hybridized carbons (Fsp3) is 0.133. The number of nitrogens with zero attached hydrogens (tertiary/aromatic N) is 1. The lowest BCUT2D eigenvalue weighted by atomic mass is 9.97. The van der Waals surface area contributed by atoms with Crippen LogP contribution in [0.3, 0.4) is 0 Å². The topological polar surface area (TPSA) is 35.3 Å². The average Bonchev–Trinajstić information content (AvgIpc) is 2.80. The van der Waals surface area contributed by atoms with Gasteiger partial charge in [-0.2, -0.15) is 0 Å². The number of aromatic nitrogens is 1. The lowest BCUT2D eigenvalue weighted by Crippen LogP contribution is -2.05. The van der Waals surface area contributed by atoms with Crippen LogP contribution in [0.25, 0.3) is 22.0 Å². The van der Waals surface area contributed by atoms with Crippen molar-refractivity contribution < 1.29 is 9.26 Å². The van der Waals surface area contributed by atoms with E-state index in [1.54, 1.807) is 0 Å². The highest BCUT2D eigenvalue weighted by molar-refractivity contribution is 6.00. The SMILES string of the molecule is Cc1onc2c1COc1ccc3ccccc3c1-2. The molecule has 1 aromatic heterocycles. The number of fused-ring (bicyclic) bond motifs is 5. The maximum absolute atomic E-state index is 5.80. The van der Waals surface area contributed by atoms with Gasteiger partial charge < -0.3 is 9.26 Å². The van der Waals surface area contributed by atoms with Crippen LogP contribution in [0.5, 0.6) is 5.75 Å². The summed E-state index contributed by atoms with van der Waals surface area (Å²) in [5.74, 6) is 1.72. The maximum Gasteiger partial charge on any atom is 0.140 e. The summed E-state index contributed by atoms with van der Waals surface area (Å²) in [6.07, 6.45) is 0. The lowest BCUT2D eigenvalue weighted by Gasteiger charge is -2.18. The second kappa shape index (κ2) is 3.35. The molecule has 2 heterocycles. The second-order valence-corrected chi connectivity index (χ2v) is 4.51. The molecule has 3 heteroatoms. The normalized spacial score (nSPS) is 12.9. The zero-order valence-corrected chi connectivity index (χ0v) is 9.93. The van der Waals surface area contributed by atoms with Crippen LogP contribution in [0.2, 0.25) is 0 Å². The third kappa shape index (κ3) is 1.16. The molecule has 0 radical (unpaired) electrons. The summed E-state index contributed by atoms with van der Waals surface area (Å²) in [6.45, 7) is 2.46. The minimum atomic E-state index is 0.538. The van der Waals surface area contributed by atoms with Crippen LogP contribution in [0.4, 0.5) is 0 Å². The summed E-state index contributed by atoms with van der Waals surface area (Å²) in [6, 6.07) is 12.3. The molecule has 18 heavy (non-hydrogen) atoms. The van der Waals surface area contributed by atoms with Crippen molar-refractivity contribution in [3.05, 3.63) is 47.7 Å². The molecule has 88 valence electrons. The number of benzene rings is 2. The molecule has 0 atom stereocenters. The standard InChI is InChI=1S/C15H11NO2/c1-9-12-8-17-13-7-6-10-4-2-3-5-11(10)14(13)15(12)16-18-9/h2-7H,8H2,1H3. The quantitative estimate of drug-likeness (QED) is 0.598. The van der Waals surface area contributed by atoms with Gasteiger partial charge in [-0.25, -0.2) is 0 Å². The fourth-order valence-electron chi connectivity index (χ4n) is 2.52. The minimum absolute atomic E-state index is 0.538. The molecule has 2 aromatic carbocycles. The maximum atomic E-state index is 5.80. The van der Waals surface area contributed by atoms with E-state index >= 15 is 0 Å². The predicted molar refractivity (Wildman–Crippen MR) is 68.5 cm³/mol. The van der Waals surface area contributed by atoms with Gasteiger partial charge in [-0.15, -0.1) is 0 Å². The van der Waals surface area contributed by atoms with E-state index in [1.165, 1.54) is 5.39 Å². The van der Waals surface area contributed by atoms with Crippen molar-refractivity contribution in [3.8, 4) is 17.0 Å². The van der Waals surface area contributed by atoms with E-state index in [4.69, 9.17) is 9.26 Å². The molecule has 0 saturated heterocycles. The molecular weight excluding hydrogens is 226 g/mol. The van der Waals surface area contributed by atoms with Crippen LogP contribution in [-0.4, -0.2) is 5.16 Å². The lowest BCUT2D eigenvalue weighted by molar-refractivity contribution is 0.300. The molecule has 0 fully saturated rings. The third-order valence-electron chi connectivity index (χ3n) is 3.48. The smallest absolute Gasteiger partial charge is 0.140 e. The van der Waals surface area contributed by atoms with Crippen molar-refractivity contribution in [1.82, 2.24) is 5.16 Å². The van der Waals surface area contributed by atoms with Crippen LogP contribution in [0.1, 0.15) is 11.3 Å². The van der Waals surface area contributed by atoms with Crippen LogP contribution in [-0.2, 0) is 6.61 Å². The van der Waals surface area contributed by atoms with E-state index in [0.717, 1.165) is 33.7 Å². The summed E-state index contributed by atoms with van der Waals surface area (Å²) in [5, 5.41) is 6.54. The van der Waals surface area contributed by atoms with Gasteiger partial charge in [0.05, 0.1) is 11.1 Å². The number of hydrogen-bond donors (Lipinski definition) is 0. The Balaban J connectivity index is 2.15. The van der Waals surface area contributed by atoms with E-state index < -0.39 is 0 Å². The van der Waals surface area contributed by atoms with E-state index in [9.17, 15) is 0 Å². The third-order valence-corrected chi connectivity index (χ3v) is 3.48. The Morgan fingerprint density at radius 1 is 1.11 bits per heavy atom. The van der Waals surface area contributed by atoms with Crippen molar-refractivity contribution in [3.63, 3.8) is 0 Å². The van der Waals surface area contributed by atoms with Gasteiger partial charge in [0.15, 0.2) is 0 Å². The van der Waals surface area contributed by atoms with Gasteiger partial charge in [-0.1, -0.05) is 35.5 Å².